The predicted octanol–water partition coefficient (Wildman–Crippen LogP) is 3.67. The number of hydrogen-bond acceptors (Lipinski definition) is 3. The average molecular weight is 329 g/mol. The number of carbonyl (C=O) groups excluding carboxylic acids is 1. The lowest BCUT2D eigenvalue weighted by atomic mass is 10.1. The van der Waals surface area contributed by atoms with Gasteiger partial charge in [-0.05, 0) is 24.3 Å². The van der Waals surface area contributed by atoms with Gasteiger partial charge in [-0.15, -0.1) is 0 Å². The van der Waals surface area contributed by atoms with Crippen LogP contribution in [0.3, 0.4) is 0 Å². The summed E-state index contributed by atoms with van der Waals surface area (Å²) in [6.45, 7) is 4.12. The molecule has 0 spiro atoms. The van der Waals surface area contributed by atoms with Crippen LogP contribution in [0.1, 0.15) is 15.9 Å². The predicted molar refractivity (Wildman–Crippen MR) is 90.9 cm³/mol. The molecule has 5 heteroatoms. The second-order valence-electron chi connectivity index (χ2n) is 5.22. The summed E-state index contributed by atoms with van der Waals surface area (Å²) >= 11 is 0. The van der Waals surface area contributed by atoms with Gasteiger partial charge < -0.3 is 14.4 Å². The molecule has 1 amide bonds. The van der Waals surface area contributed by atoms with Gasteiger partial charge in [0, 0.05) is 24.7 Å². The fourth-order valence-electron chi connectivity index (χ4n) is 2.24. The van der Waals surface area contributed by atoms with E-state index in [1.54, 1.807) is 49.5 Å². The van der Waals surface area contributed by atoms with Crippen molar-refractivity contribution in [2.24, 2.45) is 0 Å². The number of methoxy groups -OCH3 is 1. The van der Waals surface area contributed by atoms with Gasteiger partial charge in [0.15, 0.2) is 11.5 Å². The third kappa shape index (κ3) is 4.13. The Bertz CT molecular complexity index is 730. The molecule has 2 aromatic rings. The molecule has 0 aliphatic rings. The maximum atomic E-state index is 13.7. The molecule has 0 saturated carbocycles. The minimum absolute atomic E-state index is 0.183. The van der Waals surface area contributed by atoms with Gasteiger partial charge in [0.2, 0.25) is 0 Å². The zero-order valence-electron chi connectivity index (χ0n) is 13.8. The topological polar surface area (TPSA) is 38.8 Å². The van der Waals surface area contributed by atoms with Gasteiger partial charge in [-0.2, -0.15) is 0 Å². The van der Waals surface area contributed by atoms with E-state index < -0.39 is 0 Å². The summed E-state index contributed by atoms with van der Waals surface area (Å²) in [6.07, 6.45) is 1.63. The van der Waals surface area contributed by atoms with Gasteiger partial charge in [0.05, 0.1) is 7.11 Å². The van der Waals surface area contributed by atoms with Gasteiger partial charge >= 0.3 is 0 Å². The third-order valence-electron chi connectivity index (χ3n) is 3.48. The van der Waals surface area contributed by atoms with E-state index >= 15 is 0 Å². The molecular formula is C19H20FNO3. The highest BCUT2D eigenvalue weighted by Crippen LogP contribution is 2.28. The van der Waals surface area contributed by atoms with Gasteiger partial charge in [0.25, 0.3) is 5.91 Å². The maximum Gasteiger partial charge on any atom is 0.254 e. The minimum Gasteiger partial charge on any atom is -0.493 e. The fraction of sp³-hybridized carbons (Fsp3) is 0.211. The van der Waals surface area contributed by atoms with E-state index in [2.05, 4.69) is 6.58 Å². The first-order valence-electron chi connectivity index (χ1n) is 7.47. The number of halogens is 1. The van der Waals surface area contributed by atoms with Crippen molar-refractivity contribution in [3.63, 3.8) is 0 Å². The zero-order chi connectivity index (χ0) is 17.5. The smallest absolute Gasteiger partial charge is 0.254 e. The zero-order valence-corrected chi connectivity index (χ0v) is 13.8. The van der Waals surface area contributed by atoms with Crippen LogP contribution < -0.4 is 9.47 Å². The van der Waals surface area contributed by atoms with E-state index in [0.717, 1.165) is 0 Å². The third-order valence-corrected chi connectivity index (χ3v) is 3.48. The second kappa shape index (κ2) is 8.15. The summed E-state index contributed by atoms with van der Waals surface area (Å²) in [5.41, 5.74) is 0.905. The number of rotatable bonds is 7. The van der Waals surface area contributed by atoms with E-state index in [9.17, 15) is 9.18 Å². The largest absolute Gasteiger partial charge is 0.493 e. The summed E-state index contributed by atoms with van der Waals surface area (Å²) in [5, 5.41) is 0. The molecule has 0 radical (unpaired) electrons. The van der Waals surface area contributed by atoms with Crippen LogP contribution in [0.15, 0.2) is 55.1 Å². The molecule has 0 saturated heterocycles. The van der Waals surface area contributed by atoms with Crippen LogP contribution in [-0.4, -0.2) is 31.6 Å². The summed E-state index contributed by atoms with van der Waals surface area (Å²) in [6, 6.07) is 11.3. The van der Waals surface area contributed by atoms with Crippen LogP contribution in [0.5, 0.6) is 11.5 Å². The molecule has 0 aliphatic heterocycles. The van der Waals surface area contributed by atoms with Crippen molar-refractivity contribution in [2.75, 3.05) is 20.8 Å². The molecule has 0 heterocycles. The highest BCUT2D eigenvalue weighted by atomic mass is 19.1. The van der Waals surface area contributed by atoms with Crippen LogP contribution >= 0.6 is 0 Å². The monoisotopic (exact) mass is 329 g/mol. The van der Waals surface area contributed by atoms with Crippen LogP contribution in [0.4, 0.5) is 4.39 Å². The van der Waals surface area contributed by atoms with Crippen LogP contribution in [0.2, 0.25) is 0 Å². The van der Waals surface area contributed by atoms with E-state index in [1.807, 2.05) is 0 Å². The summed E-state index contributed by atoms with van der Waals surface area (Å²) in [7, 11) is 3.14. The Morgan fingerprint density at radius 2 is 2.00 bits per heavy atom. The quantitative estimate of drug-likeness (QED) is 0.728. The Kier molecular flexibility index (Phi) is 5.95. The Morgan fingerprint density at radius 1 is 1.25 bits per heavy atom. The number of benzene rings is 2. The van der Waals surface area contributed by atoms with Gasteiger partial charge in [-0.25, -0.2) is 4.39 Å². The molecule has 126 valence electrons. The molecule has 0 N–H and O–H groups in total. The van der Waals surface area contributed by atoms with Crippen molar-refractivity contribution in [2.45, 2.75) is 6.54 Å². The standard InChI is InChI=1S/C19H20FNO3/c1-4-11-24-17-10-9-14(12-18(17)23-3)19(22)21(2)13-15-7-5-6-8-16(15)20/h4-10,12H,1,11,13H2,2-3H3. The molecule has 0 aliphatic carbocycles. The number of carbonyl (C=O) groups is 1. The summed E-state index contributed by atoms with van der Waals surface area (Å²) in [4.78, 5) is 14.0. The van der Waals surface area contributed by atoms with Crippen molar-refractivity contribution in [1.82, 2.24) is 4.90 Å². The highest BCUT2D eigenvalue weighted by molar-refractivity contribution is 5.94. The first-order valence-corrected chi connectivity index (χ1v) is 7.47. The van der Waals surface area contributed by atoms with Crippen molar-refractivity contribution in [3.05, 3.63) is 72.1 Å². The highest BCUT2D eigenvalue weighted by Gasteiger charge is 2.16. The van der Waals surface area contributed by atoms with E-state index in [1.165, 1.54) is 18.1 Å². The van der Waals surface area contributed by atoms with Gasteiger partial charge in [-0.1, -0.05) is 30.9 Å². The van der Waals surface area contributed by atoms with Gasteiger partial charge in [-0.3, -0.25) is 4.79 Å². The Hall–Kier alpha value is -2.82. The number of hydrogen-bond donors (Lipinski definition) is 0. The van der Waals surface area contributed by atoms with Crippen molar-refractivity contribution in [1.29, 1.82) is 0 Å². The normalized spacial score (nSPS) is 10.1. The van der Waals surface area contributed by atoms with Gasteiger partial charge in [0.1, 0.15) is 12.4 Å². The molecule has 4 nitrogen and oxygen atoms in total. The van der Waals surface area contributed by atoms with Crippen molar-refractivity contribution >= 4 is 5.91 Å². The van der Waals surface area contributed by atoms with E-state index in [-0.39, 0.29) is 18.3 Å². The molecule has 0 fully saturated rings. The molecule has 24 heavy (non-hydrogen) atoms. The van der Waals surface area contributed by atoms with Crippen LogP contribution in [-0.2, 0) is 6.54 Å². The van der Waals surface area contributed by atoms with Crippen molar-refractivity contribution in [3.8, 4) is 11.5 Å². The Labute approximate surface area is 141 Å². The first kappa shape index (κ1) is 17.5. The average Bonchev–Trinajstić information content (AvgIpc) is 2.61. The lowest BCUT2D eigenvalue weighted by Crippen LogP contribution is -2.26. The number of amides is 1. The summed E-state index contributed by atoms with van der Waals surface area (Å²) in [5.74, 6) is 0.433. The molecule has 2 aromatic carbocycles. The molecule has 2 rings (SSSR count). The maximum absolute atomic E-state index is 13.7. The first-order chi connectivity index (χ1) is 11.6. The van der Waals surface area contributed by atoms with Crippen LogP contribution in [0.25, 0.3) is 0 Å². The van der Waals surface area contributed by atoms with Crippen molar-refractivity contribution < 1.29 is 18.7 Å². The van der Waals surface area contributed by atoms with E-state index in [4.69, 9.17) is 9.47 Å². The molecule has 0 unspecified atom stereocenters. The molecule has 0 aromatic heterocycles. The minimum atomic E-state index is -0.331. The number of nitrogens with zero attached hydrogens (tertiary/aromatic N) is 1. The SMILES string of the molecule is C=CCOc1ccc(C(=O)N(C)Cc2ccccc2F)cc1OC. The second-order valence-corrected chi connectivity index (χ2v) is 5.22. The Balaban J connectivity index is 2.16. The molecule has 0 atom stereocenters. The van der Waals surface area contributed by atoms with Crippen LogP contribution in [0, 0.1) is 5.82 Å². The summed E-state index contributed by atoms with van der Waals surface area (Å²) < 4.78 is 24.4. The fourth-order valence-corrected chi connectivity index (χ4v) is 2.24. The van der Waals surface area contributed by atoms with E-state index in [0.29, 0.717) is 29.2 Å². The number of ether oxygens (including phenoxy) is 2. The molecular weight excluding hydrogens is 309 g/mol. The Morgan fingerprint density at radius 3 is 2.67 bits per heavy atom. The lowest BCUT2D eigenvalue weighted by Gasteiger charge is -2.18. The lowest BCUT2D eigenvalue weighted by molar-refractivity contribution is 0.0783. The molecule has 0 bridgehead atoms.